The molecule has 0 radical (unpaired) electrons. The van der Waals surface area contributed by atoms with Gasteiger partial charge >= 0.3 is 5.97 Å². The zero-order chi connectivity index (χ0) is 26.4. The number of ether oxygens (including phenoxy) is 1. The van der Waals surface area contributed by atoms with Crippen molar-refractivity contribution in [2.75, 3.05) is 6.54 Å². The summed E-state index contributed by atoms with van der Waals surface area (Å²) in [5.41, 5.74) is 3.29. The molecule has 4 aromatic carbocycles. The van der Waals surface area contributed by atoms with Gasteiger partial charge in [-0.15, -0.1) is 0 Å². The fourth-order valence-corrected chi connectivity index (χ4v) is 3.90. The molecule has 37 heavy (non-hydrogen) atoms. The summed E-state index contributed by atoms with van der Waals surface area (Å²) in [7, 11) is 0. The number of carbonyl (C=O) groups excluding carboxylic acids is 3. The molecule has 4 aromatic rings. The topological polar surface area (TPSA) is 96.9 Å². The largest absolute Gasteiger partial charge is 0.422 e. The summed E-state index contributed by atoms with van der Waals surface area (Å²) in [6.07, 6.45) is 1.37. The molecule has 2 amide bonds. The predicted molar refractivity (Wildman–Crippen MR) is 145 cm³/mol. The summed E-state index contributed by atoms with van der Waals surface area (Å²) in [5, 5.41) is 8.90. The Morgan fingerprint density at radius 1 is 0.838 bits per heavy atom. The fourth-order valence-electron chi connectivity index (χ4n) is 3.39. The number of carbonyl (C=O) groups is 3. The molecule has 186 valence electrons. The molecular weight excluding hydrogens is 537 g/mol. The Bertz CT molecular complexity index is 1540. The Balaban J connectivity index is 1.47. The van der Waals surface area contributed by atoms with E-state index in [1.807, 2.05) is 24.3 Å². The first-order chi connectivity index (χ1) is 17.8. The standard InChI is InChI=1S/C27H18Cl3N3O4/c28-21-8-4-3-7-19(21)27(36)37-24-12-10-16-5-1-2-6-18(16)20(24)14-32-33-25(34)15-31-26(35)17-9-11-22(29)23(30)13-17/h1-14H,15H2,(H,31,35)(H,33,34)/b32-14-. The van der Waals surface area contributed by atoms with E-state index in [-0.39, 0.29) is 33.5 Å². The Kier molecular flexibility index (Phi) is 8.40. The SMILES string of the molecule is O=C(CNC(=O)c1ccc(Cl)c(Cl)c1)N/N=C\c1c(OC(=O)c2ccccc2Cl)ccc2ccccc12. The molecule has 0 spiro atoms. The molecule has 0 aliphatic heterocycles. The first-order valence-corrected chi connectivity index (χ1v) is 12.0. The highest BCUT2D eigenvalue weighted by Gasteiger charge is 2.16. The summed E-state index contributed by atoms with van der Waals surface area (Å²) in [6, 6.07) is 21.8. The second-order valence-electron chi connectivity index (χ2n) is 7.67. The van der Waals surface area contributed by atoms with Crippen LogP contribution in [0.4, 0.5) is 0 Å². The lowest BCUT2D eigenvalue weighted by Gasteiger charge is -2.11. The average Bonchev–Trinajstić information content (AvgIpc) is 2.90. The molecule has 0 aromatic heterocycles. The molecule has 0 aliphatic rings. The van der Waals surface area contributed by atoms with Crippen molar-refractivity contribution in [3.05, 3.63) is 111 Å². The number of nitrogens with zero attached hydrogens (tertiary/aromatic N) is 1. The second-order valence-corrected chi connectivity index (χ2v) is 8.89. The van der Waals surface area contributed by atoms with Crippen LogP contribution in [0.3, 0.4) is 0 Å². The van der Waals surface area contributed by atoms with Gasteiger partial charge in [0.05, 0.1) is 33.4 Å². The zero-order valence-electron chi connectivity index (χ0n) is 19.0. The maximum absolute atomic E-state index is 12.7. The normalized spacial score (nSPS) is 10.9. The number of esters is 1. The van der Waals surface area contributed by atoms with Crippen LogP contribution < -0.4 is 15.5 Å². The van der Waals surface area contributed by atoms with Gasteiger partial charge in [-0.2, -0.15) is 5.10 Å². The van der Waals surface area contributed by atoms with Crippen molar-refractivity contribution in [1.82, 2.24) is 10.7 Å². The molecule has 0 unspecified atom stereocenters. The highest BCUT2D eigenvalue weighted by molar-refractivity contribution is 6.42. The van der Waals surface area contributed by atoms with Crippen LogP contribution in [-0.4, -0.2) is 30.5 Å². The minimum Gasteiger partial charge on any atom is -0.422 e. The van der Waals surface area contributed by atoms with Crippen molar-refractivity contribution in [2.24, 2.45) is 5.10 Å². The third-order valence-electron chi connectivity index (χ3n) is 5.20. The lowest BCUT2D eigenvalue weighted by Crippen LogP contribution is -2.34. The fraction of sp³-hybridized carbons (Fsp3) is 0.0370. The molecule has 0 fully saturated rings. The number of hydrogen-bond acceptors (Lipinski definition) is 5. The molecule has 0 bridgehead atoms. The minimum absolute atomic E-state index is 0.214. The molecule has 0 saturated carbocycles. The Morgan fingerprint density at radius 2 is 1.59 bits per heavy atom. The van der Waals surface area contributed by atoms with E-state index in [1.165, 1.54) is 24.4 Å². The number of benzene rings is 4. The van der Waals surface area contributed by atoms with Gasteiger partial charge in [-0.3, -0.25) is 9.59 Å². The van der Waals surface area contributed by atoms with Crippen molar-refractivity contribution >= 4 is 69.6 Å². The van der Waals surface area contributed by atoms with Crippen LogP contribution in [0, 0.1) is 0 Å². The van der Waals surface area contributed by atoms with Gasteiger partial charge in [0.2, 0.25) is 0 Å². The first-order valence-electron chi connectivity index (χ1n) is 10.9. The lowest BCUT2D eigenvalue weighted by atomic mass is 10.0. The zero-order valence-corrected chi connectivity index (χ0v) is 21.3. The maximum atomic E-state index is 12.7. The van der Waals surface area contributed by atoms with E-state index >= 15 is 0 Å². The summed E-state index contributed by atoms with van der Waals surface area (Å²) >= 11 is 17.9. The van der Waals surface area contributed by atoms with Gasteiger partial charge in [0.15, 0.2) is 0 Å². The highest BCUT2D eigenvalue weighted by Crippen LogP contribution is 2.28. The second kappa shape index (κ2) is 11.9. The number of halogens is 3. The maximum Gasteiger partial charge on any atom is 0.345 e. The van der Waals surface area contributed by atoms with E-state index in [9.17, 15) is 14.4 Å². The van der Waals surface area contributed by atoms with E-state index in [0.29, 0.717) is 10.6 Å². The van der Waals surface area contributed by atoms with E-state index in [0.717, 1.165) is 10.8 Å². The molecule has 2 N–H and O–H groups in total. The van der Waals surface area contributed by atoms with Crippen LogP contribution in [0.5, 0.6) is 5.75 Å². The lowest BCUT2D eigenvalue weighted by molar-refractivity contribution is -0.120. The monoisotopic (exact) mass is 553 g/mol. The van der Waals surface area contributed by atoms with Crippen LogP contribution in [0.15, 0.2) is 84.0 Å². The Morgan fingerprint density at radius 3 is 2.38 bits per heavy atom. The van der Waals surface area contributed by atoms with Gasteiger partial charge in [-0.1, -0.05) is 77.3 Å². The molecule has 0 atom stereocenters. The number of hydrogen-bond donors (Lipinski definition) is 2. The van der Waals surface area contributed by atoms with Gasteiger partial charge in [0.25, 0.3) is 11.8 Å². The minimum atomic E-state index is -0.635. The quantitative estimate of drug-likeness (QED) is 0.129. The molecular formula is C27H18Cl3N3O4. The van der Waals surface area contributed by atoms with Gasteiger partial charge in [0, 0.05) is 11.1 Å². The van der Waals surface area contributed by atoms with Crippen LogP contribution in [0.2, 0.25) is 15.1 Å². The first kappa shape index (κ1) is 26.2. The van der Waals surface area contributed by atoms with Crippen molar-refractivity contribution in [3.63, 3.8) is 0 Å². The summed E-state index contributed by atoms with van der Waals surface area (Å²) in [6.45, 7) is -0.333. The van der Waals surface area contributed by atoms with Gasteiger partial charge in [-0.25, -0.2) is 10.2 Å². The number of rotatable bonds is 7. The Labute approximate surface area is 227 Å². The predicted octanol–water partition coefficient (Wildman–Crippen LogP) is 5.90. The van der Waals surface area contributed by atoms with Crippen molar-refractivity contribution in [1.29, 1.82) is 0 Å². The third kappa shape index (κ3) is 6.46. The molecule has 7 nitrogen and oxygen atoms in total. The van der Waals surface area contributed by atoms with E-state index in [2.05, 4.69) is 15.8 Å². The van der Waals surface area contributed by atoms with Gasteiger partial charge < -0.3 is 10.1 Å². The molecule has 0 aliphatic carbocycles. The van der Waals surface area contributed by atoms with Gasteiger partial charge in [0.1, 0.15) is 5.75 Å². The molecule has 4 rings (SSSR count). The van der Waals surface area contributed by atoms with E-state index < -0.39 is 17.8 Å². The molecule has 10 heteroatoms. The highest BCUT2D eigenvalue weighted by atomic mass is 35.5. The van der Waals surface area contributed by atoms with Crippen molar-refractivity contribution in [2.45, 2.75) is 0 Å². The van der Waals surface area contributed by atoms with Crippen molar-refractivity contribution < 1.29 is 19.1 Å². The number of fused-ring (bicyclic) bond motifs is 1. The third-order valence-corrected chi connectivity index (χ3v) is 6.27. The average molecular weight is 555 g/mol. The van der Waals surface area contributed by atoms with Crippen LogP contribution in [0.25, 0.3) is 10.8 Å². The van der Waals surface area contributed by atoms with Crippen LogP contribution in [0.1, 0.15) is 26.3 Å². The van der Waals surface area contributed by atoms with Crippen LogP contribution >= 0.6 is 34.8 Å². The number of amides is 2. The van der Waals surface area contributed by atoms with Crippen molar-refractivity contribution in [3.8, 4) is 5.75 Å². The Hall–Kier alpha value is -3.91. The number of nitrogens with one attached hydrogen (secondary N) is 2. The van der Waals surface area contributed by atoms with E-state index in [4.69, 9.17) is 39.5 Å². The summed E-state index contributed by atoms with van der Waals surface area (Å²) < 4.78 is 5.62. The van der Waals surface area contributed by atoms with E-state index in [1.54, 1.807) is 36.4 Å². The molecule has 0 heterocycles. The smallest absolute Gasteiger partial charge is 0.345 e. The molecule has 0 saturated heterocycles. The van der Waals surface area contributed by atoms with Gasteiger partial charge in [-0.05, 0) is 47.2 Å². The van der Waals surface area contributed by atoms with Crippen LogP contribution in [-0.2, 0) is 4.79 Å². The summed E-state index contributed by atoms with van der Waals surface area (Å²) in [4.78, 5) is 37.2. The number of hydrazone groups is 1. The summed E-state index contributed by atoms with van der Waals surface area (Å²) in [5.74, 6) is -1.47.